The van der Waals surface area contributed by atoms with Crippen LogP contribution in [0.1, 0.15) is 33.6 Å². The van der Waals surface area contributed by atoms with Crippen LogP contribution < -0.4 is 5.73 Å². The normalized spacial score (nSPS) is 10.7. The second-order valence-corrected chi connectivity index (χ2v) is 3.95. The second kappa shape index (κ2) is 11.6. The molecule has 2 N–H and O–H groups in total. The van der Waals surface area contributed by atoms with E-state index in [2.05, 4.69) is 27.4 Å². The van der Waals surface area contributed by atoms with Crippen molar-refractivity contribution in [3.63, 3.8) is 0 Å². The van der Waals surface area contributed by atoms with E-state index in [-0.39, 0.29) is 0 Å². The van der Waals surface area contributed by atoms with Crippen molar-refractivity contribution in [2.24, 2.45) is 11.7 Å². The number of allylic oxidation sites excluding steroid dienone is 1. The number of hydrogen-bond donors (Lipinski definition) is 1. The van der Waals surface area contributed by atoms with Crippen LogP contribution in [0.15, 0.2) is 23.8 Å². The first-order valence-corrected chi connectivity index (χ1v) is 5.98. The summed E-state index contributed by atoms with van der Waals surface area (Å²) in [5.74, 6) is 0.898. The number of nitrogens with two attached hydrogens (primary N) is 1. The van der Waals surface area contributed by atoms with E-state index in [9.17, 15) is 0 Å². The molecule has 0 saturated carbocycles. The summed E-state index contributed by atoms with van der Waals surface area (Å²) < 4.78 is 0. The van der Waals surface area contributed by atoms with Gasteiger partial charge in [0.05, 0.1) is 0 Å². The molecule has 0 fully saturated rings. The lowest BCUT2D eigenvalue weighted by molar-refractivity contribution is 0.576. The Bertz CT molecular complexity index is 139. The molecule has 0 radical (unpaired) electrons. The minimum atomic E-state index is 0.729. The van der Waals surface area contributed by atoms with E-state index in [1.807, 2.05) is 11.7 Å². The summed E-state index contributed by atoms with van der Waals surface area (Å²) in [7, 11) is 0. The fraction of sp³-hybridized carbons (Fsp3) is 0.636. The van der Waals surface area contributed by atoms with Crippen molar-refractivity contribution >= 4 is 11.8 Å². The zero-order valence-electron chi connectivity index (χ0n) is 9.34. The molecule has 0 heterocycles. The Hall–Kier alpha value is -0.370. The molecular weight excluding hydrogens is 178 g/mol. The Kier molecular flexibility index (Phi) is 13.5. The molecule has 0 amide bonds. The summed E-state index contributed by atoms with van der Waals surface area (Å²) >= 11 is 1.58. The lowest BCUT2D eigenvalue weighted by Gasteiger charge is -1.95. The van der Waals surface area contributed by atoms with Crippen molar-refractivity contribution in [2.75, 3.05) is 6.26 Å². The monoisotopic (exact) mass is 201 g/mol. The van der Waals surface area contributed by atoms with Crippen LogP contribution in [0.5, 0.6) is 0 Å². The van der Waals surface area contributed by atoms with Crippen LogP contribution in [-0.4, -0.2) is 6.26 Å². The largest absolute Gasteiger partial charge is 0.398 e. The van der Waals surface area contributed by atoms with Crippen molar-refractivity contribution in [2.45, 2.75) is 33.6 Å². The molecule has 0 saturated heterocycles. The molecule has 13 heavy (non-hydrogen) atoms. The SMILES string of the molecule is C=C/C(N)=C\SC.CCCC(C)C. The third-order valence-electron chi connectivity index (χ3n) is 1.36. The van der Waals surface area contributed by atoms with Gasteiger partial charge in [-0.05, 0) is 23.7 Å². The van der Waals surface area contributed by atoms with Gasteiger partial charge in [-0.1, -0.05) is 40.2 Å². The highest BCUT2D eigenvalue weighted by molar-refractivity contribution is 8.01. The Morgan fingerprint density at radius 1 is 1.54 bits per heavy atom. The van der Waals surface area contributed by atoms with E-state index in [4.69, 9.17) is 5.73 Å². The van der Waals surface area contributed by atoms with E-state index < -0.39 is 0 Å². The average Bonchev–Trinajstić information content (AvgIpc) is 2.05. The summed E-state index contributed by atoms with van der Waals surface area (Å²) in [6, 6.07) is 0. The van der Waals surface area contributed by atoms with Gasteiger partial charge in [0.25, 0.3) is 0 Å². The summed E-state index contributed by atoms with van der Waals surface area (Å²) in [5.41, 5.74) is 6.03. The minimum Gasteiger partial charge on any atom is -0.398 e. The molecule has 2 heteroatoms. The van der Waals surface area contributed by atoms with Gasteiger partial charge in [-0.15, -0.1) is 11.8 Å². The third kappa shape index (κ3) is 18.5. The van der Waals surface area contributed by atoms with Gasteiger partial charge in [0, 0.05) is 5.70 Å². The van der Waals surface area contributed by atoms with Crippen LogP contribution in [0.25, 0.3) is 0 Å². The Balaban J connectivity index is 0. The molecule has 0 aliphatic carbocycles. The van der Waals surface area contributed by atoms with Gasteiger partial charge in [0.2, 0.25) is 0 Å². The number of thioether (sulfide) groups is 1. The molecule has 0 aliphatic heterocycles. The predicted molar refractivity (Wildman–Crippen MR) is 65.7 cm³/mol. The standard InChI is InChI=1S/C6H14.C5H9NS/c1-4-5-6(2)3;1-3-5(6)4-7-2/h6H,4-5H2,1-3H3;3-4H,1,6H2,2H3/b;5-4+. The number of rotatable bonds is 4. The quantitative estimate of drug-likeness (QED) is 0.701. The van der Waals surface area contributed by atoms with Gasteiger partial charge in [0.1, 0.15) is 0 Å². The van der Waals surface area contributed by atoms with Crippen molar-refractivity contribution in [3.8, 4) is 0 Å². The molecule has 78 valence electrons. The predicted octanol–water partition coefficient (Wildman–Crippen LogP) is 3.78. The highest BCUT2D eigenvalue weighted by Gasteiger charge is 1.85. The molecule has 0 aromatic carbocycles. The maximum Gasteiger partial charge on any atom is 0.0371 e. The van der Waals surface area contributed by atoms with Crippen LogP contribution in [0.2, 0.25) is 0 Å². The van der Waals surface area contributed by atoms with Gasteiger partial charge in [0.15, 0.2) is 0 Å². The van der Waals surface area contributed by atoms with Gasteiger partial charge < -0.3 is 5.73 Å². The smallest absolute Gasteiger partial charge is 0.0371 e. The maximum absolute atomic E-state index is 5.31. The highest BCUT2D eigenvalue weighted by Crippen LogP contribution is 2.00. The van der Waals surface area contributed by atoms with Crippen molar-refractivity contribution in [1.82, 2.24) is 0 Å². The second-order valence-electron chi connectivity index (χ2n) is 3.24. The average molecular weight is 201 g/mol. The summed E-state index contributed by atoms with van der Waals surface area (Å²) in [4.78, 5) is 0. The van der Waals surface area contributed by atoms with E-state index >= 15 is 0 Å². The van der Waals surface area contributed by atoms with Crippen molar-refractivity contribution < 1.29 is 0 Å². The first-order valence-electron chi connectivity index (χ1n) is 4.69. The van der Waals surface area contributed by atoms with Crippen LogP contribution in [0, 0.1) is 5.92 Å². The molecule has 0 unspecified atom stereocenters. The maximum atomic E-state index is 5.31. The fourth-order valence-electron chi connectivity index (χ4n) is 0.762. The Morgan fingerprint density at radius 2 is 2.08 bits per heavy atom. The molecular formula is C11H23NS. The van der Waals surface area contributed by atoms with E-state index in [0.717, 1.165) is 11.6 Å². The van der Waals surface area contributed by atoms with Crippen LogP contribution in [-0.2, 0) is 0 Å². The van der Waals surface area contributed by atoms with Crippen LogP contribution in [0.4, 0.5) is 0 Å². The lowest BCUT2D eigenvalue weighted by Crippen LogP contribution is -1.88. The topological polar surface area (TPSA) is 26.0 Å². The zero-order chi connectivity index (χ0) is 10.7. The molecule has 0 atom stereocenters. The van der Waals surface area contributed by atoms with Crippen molar-refractivity contribution in [1.29, 1.82) is 0 Å². The minimum absolute atomic E-state index is 0.729. The first-order chi connectivity index (χ1) is 6.08. The lowest BCUT2D eigenvalue weighted by atomic mass is 10.1. The third-order valence-corrected chi connectivity index (χ3v) is 1.86. The first kappa shape index (κ1) is 15.1. The Morgan fingerprint density at radius 3 is 2.15 bits per heavy atom. The molecule has 0 aromatic rings. The molecule has 1 nitrogen and oxygen atoms in total. The van der Waals surface area contributed by atoms with Crippen LogP contribution >= 0.6 is 11.8 Å². The molecule has 0 aliphatic rings. The van der Waals surface area contributed by atoms with Gasteiger partial charge >= 0.3 is 0 Å². The summed E-state index contributed by atoms with van der Waals surface area (Å²) in [5, 5.41) is 1.84. The van der Waals surface area contributed by atoms with E-state index in [1.54, 1.807) is 17.8 Å². The zero-order valence-corrected chi connectivity index (χ0v) is 10.2. The van der Waals surface area contributed by atoms with Gasteiger partial charge in [-0.3, -0.25) is 0 Å². The van der Waals surface area contributed by atoms with E-state index in [1.165, 1.54) is 12.8 Å². The molecule has 0 bridgehead atoms. The van der Waals surface area contributed by atoms with Crippen LogP contribution in [0.3, 0.4) is 0 Å². The highest BCUT2D eigenvalue weighted by atomic mass is 32.2. The molecule has 0 rings (SSSR count). The summed E-state index contributed by atoms with van der Waals surface area (Å²) in [6.07, 6.45) is 6.28. The van der Waals surface area contributed by atoms with Gasteiger partial charge in [-0.2, -0.15) is 0 Å². The molecule has 0 aromatic heterocycles. The molecule has 0 spiro atoms. The Labute approximate surface area is 87.5 Å². The van der Waals surface area contributed by atoms with Gasteiger partial charge in [-0.25, -0.2) is 0 Å². The fourth-order valence-corrected chi connectivity index (χ4v) is 1.13. The number of hydrogen-bond acceptors (Lipinski definition) is 2. The summed E-state index contributed by atoms with van der Waals surface area (Å²) in [6.45, 7) is 10.2. The van der Waals surface area contributed by atoms with Crippen molar-refractivity contribution in [3.05, 3.63) is 23.8 Å². The van der Waals surface area contributed by atoms with E-state index in [0.29, 0.717) is 0 Å².